The van der Waals surface area contributed by atoms with Gasteiger partial charge in [0.15, 0.2) is 5.90 Å². The minimum absolute atomic E-state index is 0.0922. The van der Waals surface area contributed by atoms with Crippen LogP contribution in [-0.2, 0) is 14.3 Å². The Labute approximate surface area is 154 Å². The van der Waals surface area contributed by atoms with Crippen LogP contribution in [0.1, 0.15) is 104 Å². The molecule has 0 amide bonds. The van der Waals surface area contributed by atoms with Crippen LogP contribution in [-0.4, -0.2) is 31.1 Å². The van der Waals surface area contributed by atoms with Crippen LogP contribution >= 0.6 is 0 Å². The van der Waals surface area contributed by atoms with E-state index in [0.717, 1.165) is 31.6 Å². The van der Waals surface area contributed by atoms with Crippen LogP contribution in [0.3, 0.4) is 0 Å². The van der Waals surface area contributed by atoms with E-state index in [1.807, 2.05) is 6.92 Å². The Balaban J connectivity index is 2.06. The maximum Gasteiger partial charge on any atom is 0.305 e. The van der Waals surface area contributed by atoms with Crippen LogP contribution in [0, 0.1) is 0 Å². The second kappa shape index (κ2) is 14.1. The predicted octanol–water partition coefficient (Wildman–Crippen LogP) is 5.83. The normalized spacial score (nSPS) is 19.6. The van der Waals surface area contributed by atoms with E-state index in [2.05, 4.69) is 11.7 Å². The molecule has 0 unspecified atom stereocenters. The minimum atomic E-state index is -0.0922. The maximum absolute atomic E-state index is 11.1. The molecule has 0 fully saturated rings. The number of nitrogens with zero attached hydrogens (tertiary/aromatic N) is 1. The van der Waals surface area contributed by atoms with E-state index < -0.39 is 0 Å². The highest BCUT2D eigenvalue weighted by atomic mass is 16.5. The van der Waals surface area contributed by atoms with E-state index >= 15 is 0 Å². The summed E-state index contributed by atoms with van der Waals surface area (Å²) in [6, 6.07) is 0.366. The van der Waals surface area contributed by atoms with Gasteiger partial charge in [-0.3, -0.25) is 4.79 Å². The second-order valence-corrected chi connectivity index (χ2v) is 7.31. The summed E-state index contributed by atoms with van der Waals surface area (Å²) < 4.78 is 10.6. The smallest absolute Gasteiger partial charge is 0.305 e. The van der Waals surface area contributed by atoms with Crippen LogP contribution in [0.4, 0.5) is 0 Å². The number of hydrogen-bond acceptors (Lipinski definition) is 4. The van der Waals surface area contributed by atoms with Crippen LogP contribution in [0.5, 0.6) is 0 Å². The first-order valence-electron chi connectivity index (χ1n) is 10.4. The zero-order chi connectivity index (χ0) is 18.3. The molecule has 1 heterocycles. The summed E-state index contributed by atoms with van der Waals surface area (Å²) >= 11 is 0. The lowest BCUT2D eigenvalue weighted by Gasteiger charge is -2.17. The molecule has 4 heteroatoms. The van der Waals surface area contributed by atoms with Gasteiger partial charge in [-0.15, -0.1) is 0 Å². The van der Waals surface area contributed by atoms with E-state index in [9.17, 15) is 4.79 Å². The number of hydrogen-bond donors (Lipinski definition) is 0. The Hall–Kier alpha value is -1.06. The molecule has 146 valence electrons. The summed E-state index contributed by atoms with van der Waals surface area (Å²) in [6.45, 7) is 4.25. The molecule has 25 heavy (non-hydrogen) atoms. The SMILES string of the molecule is CCCCCCCC[C@H]1OC(C)=N[C@@H]1CCCCCCCC(=O)OC. The number of carbonyl (C=O) groups is 1. The minimum Gasteiger partial charge on any atom is -0.476 e. The molecule has 0 aromatic heterocycles. The molecule has 0 saturated heterocycles. The highest BCUT2D eigenvalue weighted by Crippen LogP contribution is 2.24. The fourth-order valence-electron chi connectivity index (χ4n) is 3.53. The van der Waals surface area contributed by atoms with Crippen molar-refractivity contribution in [2.45, 2.75) is 116 Å². The Kier molecular flexibility index (Phi) is 12.4. The van der Waals surface area contributed by atoms with Crippen molar-refractivity contribution >= 4 is 11.9 Å². The monoisotopic (exact) mass is 353 g/mol. The molecule has 0 aromatic rings. The first kappa shape index (κ1) is 22.0. The first-order chi connectivity index (χ1) is 12.2. The molecule has 0 radical (unpaired) electrons. The fraction of sp³-hybridized carbons (Fsp3) is 0.905. The summed E-state index contributed by atoms with van der Waals surface area (Å²) in [5.74, 6) is 0.782. The van der Waals surface area contributed by atoms with E-state index in [-0.39, 0.29) is 5.97 Å². The summed E-state index contributed by atoms with van der Waals surface area (Å²) in [5.41, 5.74) is 0. The van der Waals surface area contributed by atoms with E-state index in [1.165, 1.54) is 64.9 Å². The van der Waals surface area contributed by atoms with Gasteiger partial charge in [-0.25, -0.2) is 4.99 Å². The topological polar surface area (TPSA) is 47.9 Å². The van der Waals surface area contributed by atoms with Crippen molar-refractivity contribution < 1.29 is 14.3 Å². The molecule has 0 saturated carbocycles. The molecule has 1 rings (SSSR count). The summed E-state index contributed by atoms with van der Waals surface area (Å²) in [4.78, 5) is 15.8. The quantitative estimate of drug-likeness (QED) is 0.275. The zero-order valence-electron chi connectivity index (χ0n) is 16.7. The van der Waals surface area contributed by atoms with Gasteiger partial charge in [-0.05, 0) is 25.7 Å². The Bertz CT molecular complexity index is 381. The van der Waals surface area contributed by atoms with Gasteiger partial charge < -0.3 is 9.47 Å². The van der Waals surface area contributed by atoms with Gasteiger partial charge in [0, 0.05) is 13.3 Å². The lowest BCUT2D eigenvalue weighted by molar-refractivity contribution is -0.140. The molecule has 1 aliphatic heterocycles. The van der Waals surface area contributed by atoms with Crippen LogP contribution in [0.15, 0.2) is 4.99 Å². The van der Waals surface area contributed by atoms with Crippen molar-refractivity contribution in [3.05, 3.63) is 0 Å². The summed E-state index contributed by atoms with van der Waals surface area (Å²) in [7, 11) is 1.45. The number of methoxy groups -OCH3 is 1. The predicted molar refractivity (Wildman–Crippen MR) is 104 cm³/mol. The second-order valence-electron chi connectivity index (χ2n) is 7.31. The van der Waals surface area contributed by atoms with Gasteiger partial charge in [0.25, 0.3) is 0 Å². The molecule has 0 N–H and O–H groups in total. The van der Waals surface area contributed by atoms with Crippen molar-refractivity contribution in [1.82, 2.24) is 0 Å². The Morgan fingerprint density at radius 1 is 0.960 bits per heavy atom. The van der Waals surface area contributed by atoms with Crippen molar-refractivity contribution in [3.8, 4) is 0 Å². The Morgan fingerprint density at radius 2 is 1.56 bits per heavy atom. The zero-order valence-corrected chi connectivity index (χ0v) is 16.7. The van der Waals surface area contributed by atoms with Gasteiger partial charge in [-0.2, -0.15) is 0 Å². The molecule has 4 nitrogen and oxygen atoms in total. The highest BCUT2D eigenvalue weighted by Gasteiger charge is 2.27. The summed E-state index contributed by atoms with van der Waals surface area (Å²) in [5, 5.41) is 0. The number of rotatable bonds is 15. The van der Waals surface area contributed by atoms with E-state index in [1.54, 1.807) is 0 Å². The van der Waals surface area contributed by atoms with Crippen molar-refractivity contribution in [3.63, 3.8) is 0 Å². The molecule has 0 aromatic carbocycles. The molecular formula is C21H39NO3. The standard InChI is InChI=1S/C21H39NO3/c1-4-5-6-7-10-13-16-20-19(22-18(2)25-20)15-12-9-8-11-14-17-21(23)24-3/h19-20H,4-17H2,1-3H3/t19-,20-/m1/s1. The maximum atomic E-state index is 11.1. The Morgan fingerprint density at radius 3 is 2.24 bits per heavy atom. The molecule has 2 atom stereocenters. The van der Waals surface area contributed by atoms with Crippen molar-refractivity contribution in [2.24, 2.45) is 4.99 Å². The van der Waals surface area contributed by atoms with E-state index in [4.69, 9.17) is 9.73 Å². The third-order valence-corrected chi connectivity index (χ3v) is 5.05. The van der Waals surface area contributed by atoms with Gasteiger partial charge in [0.1, 0.15) is 6.10 Å². The largest absolute Gasteiger partial charge is 0.476 e. The fourth-order valence-corrected chi connectivity index (χ4v) is 3.53. The van der Waals surface area contributed by atoms with Gasteiger partial charge in [0.05, 0.1) is 13.2 Å². The molecule has 0 aliphatic carbocycles. The number of esters is 1. The molecule has 1 aliphatic rings. The molecule has 0 bridgehead atoms. The number of carbonyl (C=O) groups excluding carboxylic acids is 1. The highest BCUT2D eigenvalue weighted by molar-refractivity contribution is 5.75. The average molecular weight is 354 g/mol. The number of ether oxygens (including phenoxy) is 2. The van der Waals surface area contributed by atoms with Gasteiger partial charge in [0.2, 0.25) is 0 Å². The lowest BCUT2D eigenvalue weighted by atomic mass is 9.98. The third kappa shape index (κ3) is 10.5. The lowest BCUT2D eigenvalue weighted by Crippen LogP contribution is -2.22. The van der Waals surface area contributed by atoms with Crippen LogP contribution < -0.4 is 0 Å². The molecular weight excluding hydrogens is 314 g/mol. The van der Waals surface area contributed by atoms with E-state index in [0.29, 0.717) is 18.6 Å². The third-order valence-electron chi connectivity index (χ3n) is 5.05. The van der Waals surface area contributed by atoms with Gasteiger partial charge >= 0.3 is 5.97 Å². The number of unbranched alkanes of at least 4 members (excludes halogenated alkanes) is 9. The van der Waals surface area contributed by atoms with Gasteiger partial charge in [-0.1, -0.05) is 64.7 Å². The average Bonchev–Trinajstić information content (AvgIpc) is 2.96. The van der Waals surface area contributed by atoms with Crippen LogP contribution in [0.2, 0.25) is 0 Å². The molecule has 0 spiro atoms. The van der Waals surface area contributed by atoms with Crippen molar-refractivity contribution in [1.29, 1.82) is 0 Å². The first-order valence-corrected chi connectivity index (χ1v) is 10.4. The summed E-state index contributed by atoms with van der Waals surface area (Å²) in [6.07, 6.45) is 16.8. The van der Waals surface area contributed by atoms with Crippen LogP contribution in [0.25, 0.3) is 0 Å². The number of aliphatic imine (C=N–C) groups is 1. The van der Waals surface area contributed by atoms with Crippen molar-refractivity contribution in [2.75, 3.05) is 7.11 Å².